The number of hydrogen-bond donors (Lipinski definition) is 2. The summed E-state index contributed by atoms with van der Waals surface area (Å²) in [5.41, 5.74) is 2.85. The van der Waals surface area contributed by atoms with Crippen LogP contribution in [0.4, 0.5) is 4.79 Å². The highest BCUT2D eigenvalue weighted by atomic mass is 35.5. The number of nitrogens with zero attached hydrogens (tertiary/aromatic N) is 1. The second kappa shape index (κ2) is 10.5. The smallest absolute Gasteiger partial charge is 0.318 e. The van der Waals surface area contributed by atoms with Gasteiger partial charge < -0.3 is 10.6 Å². The summed E-state index contributed by atoms with van der Waals surface area (Å²) in [6, 6.07) is 0.339. The number of piperidine rings is 1. The molecule has 6 nitrogen and oxygen atoms in total. The Morgan fingerprint density at radius 1 is 1.11 bits per heavy atom. The maximum absolute atomic E-state index is 12.3. The zero-order valence-corrected chi connectivity index (χ0v) is 22.6. The highest BCUT2D eigenvalue weighted by Gasteiger charge is 2.59. The van der Waals surface area contributed by atoms with Gasteiger partial charge >= 0.3 is 6.09 Å². The summed E-state index contributed by atoms with van der Waals surface area (Å²) in [5, 5.41) is 10.6. The third-order valence-corrected chi connectivity index (χ3v) is 10.6. The monoisotopic (exact) mass is 505 g/mol. The van der Waals surface area contributed by atoms with Crippen molar-refractivity contribution in [3.63, 3.8) is 0 Å². The van der Waals surface area contributed by atoms with E-state index in [9.17, 15) is 9.59 Å². The van der Waals surface area contributed by atoms with Crippen molar-refractivity contribution < 1.29 is 14.4 Å². The minimum Gasteiger partial charge on any atom is -0.318 e. The molecule has 1 saturated heterocycles. The molecule has 0 radical (unpaired) electrons. The molecule has 5 aliphatic rings. The minimum absolute atomic E-state index is 0. The summed E-state index contributed by atoms with van der Waals surface area (Å²) in [7, 11) is 0. The first-order valence-corrected chi connectivity index (χ1v) is 13.8. The van der Waals surface area contributed by atoms with Crippen LogP contribution in [0, 0.1) is 34.5 Å². The Kier molecular flexibility index (Phi) is 8.02. The first kappa shape index (κ1) is 26.7. The van der Waals surface area contributed by atoms with Crippen LogP contribution >= 0.6 is 12.4 Å². The number of hydrogen-bond acceptors (Lipinski definition) is 5. The van der Waals surface area contributed by atoms with E-state index in [1.165, 1.54) is 44.1 Å². The number of carbonyl (C=O) groups excluding carboxylic acids is 2. The standard InChI is InChI=1S/C28H43N3O3.ClH/c1-18(31-34-26(33)30-17-20-6-4-5-15-29-20)23-9-10-24-22-8-7-19-16-21(32)11-13-27(19,2)25(22)12-14-28(23,24)3;/h16,20,22-25,29H,4-15,17H2,1-3H3,(H,30,33);1H/b31-18+;/t20-,22-,23+,24-,25-,27-,28+;/m0./s1. The van der Waals surface area contributed by atoms with Gasteiger partial charge in [0.1, 0.15) is 0 Å². The van der Waals surface area contributed by atoms with Crippen molar-refractivity contribution in [1.82, 2.24) is 10.6 Å². The van der Waals surface area contributed by atoms with Crippen LogP contribution in [-0.4, -0.2) is 36.7 Å². The average Bonchev–Trinajstić information content (AvgIpc) is 3.19. The number of halogens is 1. The SMILES string of the molecule is C/C(=N\OC(=O)NC[C@@H]1CCCCN1)[C@H]1CC[C@H]2[C@@H]3CCC4=CC(=O)CC[C@]4(C)[C@H]3CC[C@]12C.Cl. The first-order valence-electron chi connectivity index (χ1n) is 13.8. The Balaban J connectivity index is 0.00000289. The Hall–Kier alpha value is -1.40. The maximum atomic E-state index is 12.3. The van der Waals surface area contributed by atoms with Crippen LogP contribution in [0.2, 0.25) is 0 Å². The van der Waals surface area contributed by atoms with E-state index >= 15 is 0 Å². The molecule has 0 bridgehead atoms. The highest BCUT2D eigenvalue weighted by Crippen LogP contribution is 2.66. The van der Waals surface area contributed by atoms with Crippen molar-refractivity contribution in [2.24, 2.45) is 39.7 Å². The molecule has 0 aromatic carbocycles. The summed E-state index contributed by atoms with van der Waals surface area (Å²) in [5.74, 6) is 2.84. The van der Waals surface area contributed by atoms with Crippen LogP contribution < -0.4 is 10.6 Å². The van der Waals surface area contributed by atoms with E-state index in [1.54, 1.807) is 0 Å². The predicted molar refractivity (Wildman–Crippen MR) is 141 cm³/mol. The van der Waals surface area contributed by atoms with Gasteiger partial charge in [-0.25, -0.2) is 4.79 Å². The fraction of sp³-hybridized carbons (Fsp3) is 0.821. The van der Waals surface area contributed by atoms with Crippen molar-refractivity contribution in [2.45, 2.75) is 97.4 Å². The third-order valence-electron chi connectivity index (χ3n) is 10.6. The van der Waals surface area contributed by atoms with Crippen molar-refractivity contribution in [3.8, 4) is 0 Å². The van der Waals surface area contributed by atoms with E-state index < -0.39 is 6.09 Å². The summed E-state index contributed by atoms with van der Waals surface area (Å²) in [6.07, 6.45) is 13.9. The molecule has 1 aliphatic heterocycles. The zero-order valence-electron chi connectivity index (χ0n) is 21.7. The largest absolute Gasteiger partial charge is 0.433 e. The number of nitrogens with one attached hydrogen (secondary N) is 2. The quantitative estimate of drug-likeness (QED) is 0.287. The van der Waals surface area contributed by atoms with E-state index in [2.05, 4.69) is 36.6 Å². The molecule has 7 heteroatoms. The molecule has 4 aliphatic carbocycles. The number of allylic oxidation sites excluding steroid dienone is 1. The van der Waals surface area contributed by atoms with E-state index in [0.717, 1.165) is 50.3 Å². The lowest BCUT2D eigenvalue weighted by molar-refractivity contribution is -0.117. The Morgan fingerprint density at radius 2 is 1.94 bits per heavy atom. The molecule has 4 fully saturated rings. The second-order valence-corrected chi connectivity index (χ2v) is 12.3. The van der Waals surface area contributed by atoms with Gasteiger partial charge in [0, 0.05) is 24.9 Å². The lowest BCUT2D eigenvalue weighted by atomic mass is 9.46. The fourth-order valence-electron chi connectivity index (χ4n) is 8.76. The Bertz CT molecular complexity index is 883. The molecule has 0 spiro atoms. The van der Waals surface area contributed by atoms with E-state index in [1.807, 2.05) is 6.08 Å². The van der Waals surface area contributed by atoms with Gasteiger partial charge in [-0.05, 0) is 106 Å². The molecule has 1 heterocycles. The summed E-state index contributed by atoms with van der Waals surface area (Å²) in [4.78, 5) is 29.6. The third kappa shape index (κ3) is 4.94. The number of carbonyl (C=O) groups is 2. The van der Waals surface area contributed by atoms with Crippen LogP contribution in [0.5, 0.6) is 0 Å². The van der Waals surface area contributed by atoms with E-state index in [0.29, 0.717) is 36.1 Å². The molecule has 5 rings (SSSR count). The van der Waals surface area contributed by atoms with Crippen molar-refractivity contribution >= 4 is 30.0 Å². The van der Waals surface area contributed by atoms with Gasteiger partial charge in [0.05, 0.1) is 5.71 Å². The predicted octanol–water partition coefficient (Wildman–Crippen LogP) is 5.80. The van der Waals surface area contributed by atoms with Gasteiger partial charge in [0.2, 0.25) is 0 Å². The van der Waals surface area contributed by atoms with Gasteiger partial charge in [-0.2, -0.15) is 0 Å². The molecule has 2 N–H and O–H groups in total. The zero-order chi connectivity index (χ0) is 23.9. The molecule has 35 heavy (non-hydrogen) atoms. The first-order chi connectivity index (χ1) is 16.3. The molecule has 0 unspecified atom stereocenters. The van der Waals surface area contributed by atoms with Crippen LogP contribution in [0.25, 0.3) is 0 Å². The molecule has 7 atom stereocenters. The Morgan fingerprint density at radius 3 is 2.71 bits per heavy atom. The van der Waals surface area contributed by atoms with Crippen LogP contribution in [0.1, 0.15) is 91.4 Å². The maximum Gasteiger partial charge on any atom is 0.433 e. The van der Waals surface area contributed by atoms with Gasteiger partial charge in [-0.1, -0.05) is 31.0 Å². The molecule has 0 aromatic heterocycles. The van der Waals surface area contributed by atoms with Crippen LogP contribution in [-0.2, 0) is 9.63 Å². The lowest BCUT2D eigenvalue weighted by Crippen LogP contribution is -2.51. The fourth-order valence-corrected chi connectivity index (χ4v) is 8.76. The normalized spacial score (nSPS) is 41.0. The summed E-state index contributed by atoms with van der Waals surface area (Å²) < 4.78 is 0. The summed E-state index contributed by atoms with van der Waals surface area (Å²) >= 11 is 0. The Labute approximate surface area is 216 Å². The lowest BCUT2D eigenvalue weighted by Gasteiger charge is -2.58. The van der Waals surface area contributed by atoms with E-state index in [-0.39, 0.29) is 23.2 Å². The number of ketones is 1. The van der Waals surface area contributed by atoms with Crippen molar-refractivity contribution in [2.75, 3.05) is 13.1 Å². The van der Waals surface area contributed by atoms with Gasteiger partial charge in [0.15, 0.2) is 5.78 Å². The molecular weight excluding hydrogens is 462 g/mol. The van der Waals surface area contributed by atoms with Crippen LogP contribution in [0.3, 0.4) is 0 Å². The van der Waals surface area contributed by atoms with Gasteiger partial charge in [0.25, 0.3) is 0 Å². The van der Waals surface area contributed by atoms with E-state index in [4.69, 9.17) is 4.84 Å². The topological polar surface area (TPSA) is 79.8 Å². The molecular formula is C28H44ClN3O3. The molecule has 196 valence electrons. The van der Waals surface area contributed by atoms with Crippen molar-refractivity contribution in [1.29, 1.82) is 0 Å². The second-order valence-electron chi connectivity index (χ2n) is 12.3. The highest BCUT2D eigenvalue weighted by molar-refractivity contribution is 5.91. The number of amides is 1. The average molecular weight is 506 g/mol. The van der Waals surface area contributed by atoms with Crippen molar-refractivity contribution in [3.05, 3.63) is 11.6 Å². The molecule has 0 aromatic rings. The number of oxime groups is 1. The van der Waals surface area contributed by atoms with Gasteiger partial charge in [-0.15, -0.1) is 12.4 Å². The summed E-state index contributed by atoms with van der Waals surface area (Å²) in [6.45, 7) is 8.59. The molecule has 3 saturated carbocycles. The molecule has 1 amide bonds. The van der Waals surface area contributed by atoms with Crippen LogP contribution in [0.15, 0.2) is 16.8 Å². The number of fused-ring (bicyclic) bond motifs is 5. The number of rotatable bonds is 4. The van der Waals surface area contributed by atoms with Gasteiger partial charge in [-0.3, -0.25) is 9.63 Å². The minimum atomic E-state index is -0.443.